The van der Waals surface area contributed by atoms with Crippen LogP contribution in [0.3, 0.4) is 0 Å². The third-order valence-electron chi connectivity index (χ3n) is 3.67. The zero-order valence-corrected chi connectivity index (χ0v) is 11.8. The van der Waals surface area contributed by atoms with Crippen LogP contribution in [0, 0.1) is 5.92 Å². The van der Waals surface area contributed by atoms with Crippen LogP contribution >= 0.6 is 0 Å². The molecule has 20 heavy (non-hydrogen) atoms. The maximum atomic E-state index is 12.1. The lowest BCUT2D eigenvalue weighted by atomic mass is 9.84. The minimum atomic E-state index is -0.302. The Morgan fingerprint density at radius 2 is 2.00 bits per heavy atom. The van der Waals surface area contributed by atoms with Gasteiger partial charge in [-0.1, -0.05) is 36.8 Å². The summed E-state index contributed by atoms with van der Waals surface area (Å²) in [7, 11) is 0. The van der Waals surface area contributed by atoms with Gasteiger partial charge in [0.2, 0.25) is 5.91 Å². The minimum Gasteiger partial charge on any atom is -0.466 e. The van der Waals surface area contributed by atoms with Crippen molar-refractivity contribution < 1.29 is 14.3 Å². The van der Waals surface area contributed by atoms with Gasteiger partial charge in [0.05, 0.1) is 19.1 Å². The fourth-order valence-electron chi connectivity index (χ4n) is 2.28. The second-order valence-electron chi connectivity index (χ2n) is 5.11. The van der Waals surface area contributed by atoms with Crippen LogP contribution in [-0.2, 0) is 14.3 Å². The van der Waals surface area contributed by atoms with Gasteiger partial charge in [-0.2, -0.15) is 0 Å². The van der Waals surface area contributed by atoms with Gasteiger partial charge in [0.25, 0.3) is 0 Å². The summed E-state index contributed by atoms with van der Waals surface area (Å²) >= 11 is 0. The molecule has 0 radical (unpaired) electrons. The maximum Gasteiger partial charge on any atom is 0.308 e. The maximum absolute atomic E-state index is 12.1. The Morgan fingerprint density at radius 1 is 1.30 bits per heavy atom. The van der Waals surface area contributed by atoms with Crippen LogP contribution in [-0.4, -0.2) is 18.5 Å². The standard InChI is InChI=1S/C16H21NO3/c1-2-20-15(18)11-14(12-7-4-3-5-8-12)17-16(19)13-9-6-10-13/h3-5,7-8,13-14H,2,6,9-11H2,1H3,(H,17,19). The fourth-order valence-corrected chi connectivity index (χ4v) is 2.28. The second kappa shape index (κ2) is 7.08. The summed E-state index contributed by atoms with van der Waals surface area (Å²) < 4.78 is 4.99. The van der Waals surface area contributed by atoms with Gasteiger partial charge in [-0.15, -0.1) is 0 Å². The van der Waals surface area contributed by atoms with Crippen molar-refractivity contribution in [3.63, 3.8) is 0 Å². The molecular formula is C16H21NO3. The van der Waals surface area contributed by atoms with Crippen molar-refractivity contribution in [2.24, 2.45) is 5.92 Å². The van der Waals surface area contributed by atoms with E-state index in [1.54, 1.807) is 6.92 Å². The number of carbonyl (C=O) groups is 2. The number of carbonyl (C=O) groups excluding carboxylic acids is 2. The highest BCUT2D eigenvalue weighted by molar-refractivity contribution is 5.81. The van der Waals surface area contributed by atoms with Gasteiger partial charge in [0, 0.05) is 5.92 Å². The minimum absolute atomic E-state index is 0.0504. The highest BCUT2D eigenvalue weighted by atomic mass is 16.5. The van der Waals surface area contributed by atoms with E-state index in [1.165, 1.54) is 0 Å². The summed E-state index contributed by atoms with van der Waals surface area (Å²) in [6, 6.07) is 9.27. The molecule has 1 amide bonds. The zero-order valence-electron chi connectivity index (χ0n) is 11.8. The normalized spacial score (nSPS) is 16.1. The van der Waals surface area contributed by atoms with Crippen molar-refractivity contribution in [1.82, 2.24) is 5.32 Å². The van der Waals surface area contributed by atoms with Crippen molar-refractivity contribution in [1.29, 1.82) is 0 Å². The summed E-state index contributed by atoms with van der Waals surface area (Å²) in [4.78, 5) is 23.8. The number of amides is 1. The molecule has 0 spiro atoms. The smallest absolute Gasteiger partial charge is 0.308 e. The molecule has 0 bridgehead atoms. The molecule has 1 unspecified atom stereocenters. The first-order valence-corrected chi connectivity index (χ1v) is 7.21. The van der Waals surface area contributed by atoms with E-state index in [0.717, 1.165) is 24.8 Å². The summed E-state index contributed by atoms with van der Waals surface area (Å²) in [5.41, 5.74) is 0.938. The molecule has 1 N–H and O–H groups in total. The van der Waals surface area contributed by atoms with Crippen LogP contribution in [0.2, 0.25) is 0 Å². The molecule has 1 aliphatic rings. The fraction of sp³-hybridized carbons (Fsp3) is 0.500. The van der Waals surface area contributed by atoms with Gasteiger partial charge in [-0.3, -0.25) is 9.59 Å². The van der Waals surface area contributed by atoms with Gasteiger partial charge < -0.3 is 10.1 Å². The van der Waals surface area contributed by atoms with Gasteiger partial charge in [-0.05, 0) is 25.3 Å². The van der Waals surface area contributed by atoms with Gasteiger partial charge in [-0.25, -0.2) is 0 Å². The molecule has 1 aromatic rings. The Hall–Kier alpha value is -1.84. The monoisotopic (exact) mass is 275 g/mol. The molecule has 0 aliphatic heterocycles. The zero-order chi connectivity index (χ0) is 14.4. The van der Waals surface area contributed by atoms with Gasteiger partial charge >= 0.3 is 5.97 Å². The lowest BCUT2D eigenvalue weighted by Gasteiger charge is -2.27. The molecule has 1 saturated carbocycles. The SMILES string of the molecule is CCOC(=O)CC(NC(=O)C1CCC1)c1ccccc1. The lowest BCUT2D eigenvalue weighted by Crippen LogP contribution is -2.37. The predicted molar refractivity (Wildman–Crippen MR) is 75.9 cm³/mol. The quantitative estimate of drug-likeness (QED) is 0.812. The van der Waals surface area contributed by atoms with Crippen molar-refractivity contribution in [2.45, 2.75) is 38.6 Å². The van der Waals surface area contributed by atoms with Crippen molar-refractivity contribution >= 4 is 11.9 Å². The van der Waals surface area contributed by atoms with E-state index in [1.807, 2.05) is 30.3 Å². The van der Waals surface area contributed by atoms with Gasteiger partial charge in [0.15, 0.2) is 0 Å². The van der Waals surface area contributed by atoms with E-state index < -0.39 is 0 Å². The highest BCUT2D eigenvalue weighted by Crippen LogP contribution is 2.28. The van der Waals surface area contributed by atoms with E-state index in [-0.39, 0.29) is 30.3 Å². The number of benzene rings is 1. The molecule has 0 aromatic heterocycles. The third-order valence-corrected chi connectivity index (χ3v) is 3.67. The van der Waals surface area contributed by atoms with Crippen LogP contribution < -0.4 is 5.32 Å². The molecule has 4 nitrogen and oxygen atoms in total. The summed E-state index contributed by atoms with van der Waals surface area (Å²) in [5, 5.41) is 2.98. The topological polar surface area (TPSA) is 55.4 Å². The van der Waals surface area contributed by atoms with E-state index in [9.17, 15) is 9.59 Å². The Morgan fingerprint density at radius 3 is 2.55 bits per heavy atom. The molecule has 0 heterocycles. The Bertz CT molecular complexity index is 454. The van der Waals surface area contributed by atoms with Crippen LogP contribution in [0.1, 0.15) is 44.2 Å². The molecule has 1 aromatic carbocycles. The van der Waals surface area contributed by atoms with Crippen molar-refractivity contribution in [2.75, 3.05) is 6.61 Å². The molecule has 1 fully saturated rings. The van der Waals surface area contributed by atoms with Crippen LogP contribution in [0.4, 0.5) is 0 Å². The number of nitrogens with one attached hydrogen (secondary N) is 1. The van der Waals surface area contributed by atoms with E-state index in [2.05, 4.69) is 5.32 Å². The molecule has 108 valence electrons. The number of esters is 1. The summed E-state index contributed by atoms with van der Waals surface area (Å²) in [6.07, 6.45) is 3.20. The lowest BCUT2D eigenvalue weighted by molar-refractivity contribution is -0.144. The first kappa shape index (κ1) is 14.6. The number of ether oxygens (including phenoxy) is 1. The molecular weight excluding hydrogens is 254 g/mol. The average molecular weight is 275 g/mol. The molecule has 2 rings (SSSR count). The predicted octanol–water partition coefficient (Wildman–Crippen LogP) is 2.60. The van der Waals surface area contributed by atoms with Crippen LogP contribution in [0.5, 0.6) is 0 Å². The van der Waals surface area contributed by atoms with Crippen LogP contribution in [0.15, 0.2) is 30.3 Å². The van der Waals surface area contributed by atoms with Crippen molar-refractivity contribution in [3.05, 3.63) is 35.9 Å². The summed E-state index contributed by atoms with van der Waals surface area (Å²) in [6.45, 7) is 2.14. The van der Waals surface area contributed by atoms with E-state index in [0.29, 0.717) is 6.61 Å². The molecule has 4 heteroatoms. The van der Waals surface area contributed by atoms with E-state index >= 15 is 0 Å². The number of hydrogen-bond acceptors (Lipinski definition) is 3. The number of hydrogen-bond donors (Lipinski definition) is 1. The van der Waals surface area contributed by atoms with Crippen LogP contribution in [0.25, 0.3) is 0 Å². The second-order valence-corrected chi connectivity index (χ2v) is 5.11. The Labute approximate surface area is 119 Å². The first-order valence-electron chi connectivity index (χ1n) is 7.21. The molecule has 0 saturated heterocycles. The Kier molecular flexibility index (Phi) is 5.16. The average Bonchev–Trinajstić information content (AvgIpc) is 2.37. The first-order chi connectivity index (χ1) is 9.70. The van der Waals surface area contributed by atoms with E-state index in [4.69, 9.17) is 4.74 Å². The molecule has 1 atom stereocenters. The third kappa shape index (κ3) is 3.83. The van der Waals surface area contributed by atoms with Crippen molar-refractivity contribution in [3.8, 4) is 0 Å². The molecule has 1 aliphatic carbocycles. The summed E-state index contributed by atoms with van der Waals surface area (Å²) in [5.74, 6) is -0.118. The highest BCUT2D eigenvalue weighted by Gasteiger charge is 2.28. The Balaban J connectivity index is 2.03. The number of rotatable bonds is 6. The van der Waals surface area contributed by atoms with Gasteiger partial charge in [0.1, 0.15) is 0 Å². The largest absolute Gasteiger partial charge is 0.466 e.